The molecule has 1 aromatic heterocycles. The summed E-state index contributed by atoms with van der Waals surface area (Å²) in [6, 6.07) is 5.98. The number of nitrogen functional groups attached to an aromatic ring is 1. The summed E-state index contributed by atoms with van der Waals surface area (Å²) >= 11 is 0. The van der Waals surface area contributed by atoms with Crippen molar-refractivity contribution in [1.29, 1.82) is 0 Å². The molecule has 7 heteroatoms. The highest BCUT2D eigenvalue weighted by atomic mass is 19.1. The summed E-state index contributed by atoms with van der Waals surface area (Å²) in [6.45, 7) is 0. The predicted octanol–water partition coefficient (Wildman–Crippen LogP) is 0.973. The number of hydrogen-bond acceptors (Lipinski definition) is 4. The van der Waals surface area contributed by atoms with Crippen molar-refractivity contribution in [1.82, 2.24) is 10.2 Å². The van der Waals surface area contributed by atoms with Gasteiger partial charge in [0, 0.05) is 0 Å². The molecule has 1 amide bonds. The second kappa shape index (κ2) is 4.12. The summed E-state index contributed by atoms with van der Waals surface area (Å²) in [4.78, 5) is 11.1. The number of carbonyl (C=O) groups is 1. The third-order valence-corrected chi connectivity index (χ3v) is 2.17. The SMILES string of the molecule is NC(=O)c1c(Nc2ccccc2F)n[nH]c1N. The molecule has 0 bridgehead atoms. The number of carbonyl (C=O) groups excluding carboxylic acids is 1. The van der Waals surface area contributed by atoms with E-state index in [1.807, 2.05) is 0 Å². The molecule has 0 aliphatic carbocycles. The summed E-state index contributed by atoms with van der Waals surface area (Å²) in [5, 5.41) is 8.79. The van der Waals surface area contributed by atoms with Crippen LogP contribution in [0, 0.1) is 5.82 Å². The Bertz CT molecular complexity index is 566. The number of nitrogens with one attached hydrogen (secondary N) is 2. The molecule has 1 heterocycles. The van der Waals surface area contributed by atoms with Crippen LogP contribution in [0.15, 0.2) is 24.3 Å². The maximum atomic E-state index is 13.4. The lowest BCUT2D eigenvalue weighted by Crippen LogP contribution is -2.14. The molecule has 0 radical (unpaired) electrons. The summed E-state index contributed by atoms with van der Waals surface area (Å²) in [7, 11) is 0. The fourth-order valence-electron chi connectivity index (χ4n) is 1.39. The molecular weight excluding hydrogens is 225 g/mol. The number of rotatable bonds is 3. The third-order valence-electron chi connectivity index (χ3n) is 2.17. The van der Waals surface area contributed by atoms with Crippen molar-refractivity contribution in [2.24, 2.45) is 5.73 Å². The van der Waals surface area contributed by atoms with E-state index in [9.17, 15) is 9.18 Å². The van der Waals surface area contributed by atoms with Crippen LogP contribution in [0.2, 0.25) is 0 Å². The standard InChI is InChI=1S/C10H10FN5O/c11-5-3-1-2-4-6(5)14-10-7(9(13)17)8(12)15-16-10/h1-4H,(H2,13,17)(H4,12,14,15,16). The maximum Gasteiger partial charge on any atom is 0.256 e. The van der Waals surface area contributed by atoms with E-state index in [4.69, 9.17) is 11.5 Å². The van der Waals surface area contributed by atoms with Gasteiger partial charge in [0.05, 0.1) is 5.69 Å². The molecule has 1 aromatic carbocycles. The van der Waals surface area contributed by atoms with Gasteiger partial charge in [0.2, 0.25) is 0 Å². The van der Waals surface area contributed by atoms with E-state index in [1.54, 1.807) is 12.1 Å². The minimum atomic E-state index is -0.741. The van der Waals surface area contributed by atoms with Crippen molar-refractivity contribution in [2.45, 2.75) is 0 Å². The van der Waals surface area contributed by atoms with Crippen LogP contribution in [0.25, 0.3) is 0 Å². The van der Waals surface area contributed by atoms with Crippen molar-refractivity contribution < 1.29 is 9.18 Å². The van der Waals surface area contributed by atoms with E-state index in [0.29, 0.717) is 0 Å². The van der Waals surface area contributed by atoms with Crippen molar-refractivity contribution in [3.05, 3.63) is 35.6 Å². The number of anilines is 3. The second-order valence-electron chi connectivity index (χ2n) is 3.33. The number of aromatic nitrogens is 2. The summed E-state index contributed by atoms with van der Waals surface area (Å²) in [6.07, 6.45) is 0. The van der Waals surface area contributed by atoms with Crippen LogP contribution in [-0.4, -0.2) is 16.1 Å². The first-order chi connectivity index (χ1) is 8.09. The number of H-pyrrole nitrogens is 1. The van der Waals surface area contributed by atoms with Crippen LogP contribution in [0.3, 0.4) is 0 Å². The lowest BCUT2D eigenvalue weighted by Gasteiger charge is -2.05. The van der Waals surface area contributed by atoms with Gasteiger partial charge >= 0.3 is 0 Å². The Morgan fingerprint density at radius 2 is 2.12 bits per heavy atom. The molecular formula is C10H10FN5O. The van der Waals surface area contributed by atoms with Gasteiger partial charge in [0.25, 0.3) is 5.91 Å². The number of hydrogen-bond donors (Lipinski definition) is 4. The second-order valence-corrected chi connectivity index (χ2v) is 3.33. The monoisotopic (exact) mass is 235 g/mol. The van der Waals surface area contributed by atoms with E-state index < -0.39 is 11.7 Å². The molecule has 6 N–H and O–H groups in total. The van der Waals surface area contributed by atoms with Gasteiger partial charge in [-0.05, 0) is 12.1 Å². The highest BCUT2D eigenvalue weighted by molar-refractivity contribution is 6.02. The lowest BCUT2D eigenvalue weighted by atomic mass is 10.2. The van der Waals surface area contributed by atoms with Crippen LogP contribution < -0.4 is 16.8 Å². The topological polar surface area (TPSA) is 110 Å². The molecule has 0 aliphatic rings. The Morgan fingerprint density at radius 1 is 1.41 bits per heavy atom. The molecule has 0 spiro atoms. The number of benzene rings is 1. The van der Waals surface area contributed by atoms with Gasteiger partial charge in [-0.2, -0.15) is 5.10 Å². The number of nitrogens with two attached hydrogens (primary N) is 2. The number of nitrogens with zero attached hydrogens (tertiary/aromatic N) is 1. The van der Waals surface area contributed by atoms with Gasteiger partial charge in [-0.15, -0.1) is 0 Å². The number of para-hydroxylation sites is 1. The first-order valence-corrected chi connectivity index (χ1v) is 4.75. The first kappa shape index (κ1) is 10.9. The molecule has 17 heavy (non-hydrogen) atoms. The van der Waals surface area contributed by atoms with Crippen LogP contribution in [-0.2, 0) is 0 Å². The van der Waals surface area contributed by atoms with Crippen LogP contribution in [0.5, 0.6) is 0 Å². The largest absolute Gasteiger partial charge is 0.383 e. The van der Waals surface area contributed by atoms with Crippen molar-refractivity contribution in [3.8, 4) is 0 Å². The Labute approximate surface area is 95.8 Å². The minimum Gasteiger partial charge on any atom is -0.383 e. The Hall–Kier alpha value is -2.57. The van der Waals surface area contributed by atoms with Gasteiger partial charge < -0.3 is 16.8 Å². The van der Waals surface area contributed by atoms with Crippen molar-refractivity contribution in [3.63, 3.8) is 0 Å². The summed E-state index contributed by atoms with van der Waals surface area (Å²) < 4.78 is 13.4. The van der Waals surface area contributed by atoms with Gasteiger partial charge in [0.15, 0.2) is 5.82 Å². The van der Waals surface area contributed by atoms with E-state index in [0.717, 1.165) is 0 Å². The van der Waals surface area contributed by atoms with E-state index in [1.165, 1.54) is 12.1 Å². The zero-order valence-corrected chi connectivity index (χ0v) is 8.70. The minimum absolute atomic E-state index is 0.00764. The zero-order valence-electron chi connectivity index (χ0n) is 8.70. The van der Waals surface area contributed by atoms with Crippen LogP contribution in [0.4, 0.5) is 21.7 Å². The fourth-order valence-corrected chi connectivity index (χ4v) is 1.39. The predicted molar refractivity (Wildman–Crippen MR) is 61.2 cm³/mol. The molecule has 0 saturated carbocycles. The Kier molecular flexibility index (Phi) is 2.65. The van der Waals surface area contributed by atoms with Gasteiger partial charge in [-0.1, -0.05) is 12.1 Å². The average Bonchev–Trinajstić information content (AvgIpc) is 2.63. The molecule has 88 valence electrons. The lowest BCUT2D eigenvalue weighted by molar-refractivity contribution is 0.100. The highest BCUT2D eigenvalue weighted by Gasteiger charge is 2.17. The van der Waals surface area contributed by atoms with E-state index >= 15 is 0 Å². The molecule has 0 fully saturated rings. The normalized spacial score (nSPS) is 10.2. The van der Waals surface area contributed by atoms with E-state index in [2.05, 4.69) is 15.5 Å². The molecule has 0 atom stereocenters. The zero-order chi connectivity index (χ0) is 12.4. The first-order valence-electron chi connectivity index (χ1n) is 4.75. The quantitative estimate of drug-likeness (QED) is 0.635. The van der Waals surface area contributed by atoms with Gasteiger partial charge in [-0.25, -0.2) is 4.39 Å². The molecule has 0 saturated heterocycles. The third kappa shape index (κ3) is 2.03. The number of aromatic amines is 1. The Morgan fingerprint density at radius 3 is 2.76 bits per heavy atom. The molecule has 2 aromatic rings. The van der Waals surface area contributed by atoms with Crippen LogP contribution >= 0.6 is 0 Å². The molecule has 0 unspecified atom stereocenters. The summed E-state index contributed by atoms with van der Waals surface area (Å²) in [5.41, 5.74) is 10.8. The number of halogens is 1. The molecule has 2 rings (SSSR count). The molecule has 6 nitrogen and oxygen atoms in total. The fraction of sp³-hybridized carbons (Fsp3) is 0. The highest BCUT2D eigenvalue weighted by Crippen LogP contribution is 2.23. The smallest absolute Gasteiger partial charge is 0.256 e. The molecule has 0 aliphatic heterocycles. The van der Waals surface area contributed by atoms with E-state index in [-0.39, 0.29) is 22.9 Å². The Balaban J connectivity index is 2.37. The van der Waals surface area contributed by atoms with Gasteiger partial charge in [0.1, 0.15) is 17.2 Å². The number of amides is 1. The van der Waals surface area contributed by atoms with Crippen molar-refractivity contribution in [2.75, 3.05) is 11.1 Å². The van der Waals surface area contributed by atoms with Gasteiger partial charge in [-0.3, -0.25) is 9.89 Å². The van der Waals surface area contributed by atoms with Crippen LogP contribution in [0.1, 0.15) is 10.4 Å². The summed E-state index contributed by atoms with van der Waals surface area (Å²) in [5.74, 6) is -1.07. The maximum absolute atomic E-state index is 13.4. The van der Waals surface area contributed by atoms with Crippen molar-refractivity contribution >= 4 is 23.2 Å². The average molecular weight is 235 g/mol. The number of primary amides is 1.